The van der Waals surface area contributed by atoms with Gasteiger partial charge in [-0.1, -0.05) is 23.7 Å². The fourth-order valence-electron chi connectivity index (χ4n) is 2.72. The second kappa shape index (κ2) is 7.45. The molecular formula is C18H21ClN2OS. The van der Waals surface area contributed by atoms with Gasteiger partial charge in [-0.15, -0.1) is 11.8 Å². The van der Waals surface area contributed by atoms with Crippen LogP contribution in [0.5, 0.6) is 5.75 Å². The Bertz CT molecular complexity index is 648. The maximum absolute atomic E-state index is 5.95. The van der Waals surface area contributed by atoms with Crippen molar-refractivity contribution >= 4 is 29.1 Å². The summed E-state index contributed by atoms with van der Waals surface area (Å²) in [5.41, 5.74) is 1.19. The molecule has 3 nitrogen and oxygen atoms in total. The first-order valence-electron chi connectivity index (χ1n) is 7.90. The lowest BCUT2D eigenvalue weighted by atomic mass is 10.2. The molecular weight excluding hydrogens is 328 g/mol. The van der Waals surface area contributed by atoms with Crippen molar-refractivity contribution in [1.29, 1.82) is 0 Å². The molecule has 0 spiro atoms. The molecule has 2 heterocycles. The first-order valence-corrected chi connectivity index (χ1v) is 9.16. The Kier molecular flexibility index (Phi) is 5.34. The minimum Gasteiger partial charge on any atom is -0.489 e. The Balaban J connectivity index is 1.66. The number of pyridine rings is 1. The summed E-state index contributed by atoms with van der Waals surface area (Å²) in [7, 11) is 0. The predicted octanol–water partition coefficient (Wildman–Crippen LogP) is 4.89. The smallest absolute Gasteiger partial charge is 0.142 e. The quantitative estimate of drug-likeness (QED) is 0.768. The molecule has 0 radical (unpaired) electrons. The van der Waals surface area contributed by atoms with E-state index in [1.54, 1.807) is 6.20 Å². The zero-order chi connectivity index (χ0) is 16.2. The summed E-state index contributed by atoms with van der Waals surface area (Å²) in [5.74, 6) is 0.970. The van der Waals surface area contributed by atoms with Gasteiger partial charge in [-0.25, -0.2) is 4.98 Å². The lowest BCUT2D eigenvalue weighted by Crippen LogP contribution is -2.21. The highest BCUT2D eigenvalue weighted by Crippen LogP contribution is 2.35. The van der Waals surface area contributed by atoms with E-state index in [1.165, 1.54) is 5.69 Å². The van der Waals surface area contributed by atoms with Crippen LogP contribution in [0.2, 0.25) is 5.02 Å². The molecule has 3 rings (SSSR count). The van der Waals surface area contributed by atoms with Gasteiger partial charge < -0.3 is 9.64 Å². The number of benzene rings is 1. The Morgan fingerprint density at radius 2 is 2.09 bits per heavy atom. The van der Waals surface area contributed by atoms with Crippen LogP contribution in [0, 0.1) is 0 Å². The zero-order valence-electron chi connectivity index (χ0n) is 13.4. The van der Waals surface area contributed by atoms with Crippen LogP contribution in [0.1, 0.15) is 20.3 Å². The van der Waals surface area contributed by atoms with Gasteiger partial charge in [0.05, 0.1) is 21.8 Å². The summed E-state index contributed by atoms with van der Waals surface area (Å²) in [5, 5.41) is 2.26. The third-order valence-electron chi connectivity index (χ3n) is 3.70. The van der Waals surface area contributed by atoms with Crippen molar-refractivity contribution in [2.45, 2.75) is 36.6 Å². The number of hydrogen-bond acceptors (Lipinski definition) is 4. The molecule has 23 heavy (non-hydrogen) atoms. The largest absolute Gasteiger partial charge is 0.489 e. The first kappa shape index (κ1) is 16.5. The Morgan fingerprint density at radius 1 is 1.26 bits per heavy atom. The Hall–Kier alpha value is -1.39. The molecule has 0 aliphatic carbocycles. The molecule has 1 aromatic carbocycles. The van der Waals surface area contributed by atoms with Crippen molar-refractivity contribution < 1.29 is 4.74 Å². The first-order chi connectivity index (χ1) is 11.1. The van der Waals surface area contributed by atoms with Crippen molar-refractivity contribution in [2.24, 2.45) is 0 Å². The predicted molar refractivity (Wildman–Crippen MR) is 97.9 cm³/mol. The number of rotatable bonds is 5. The molecule has 0 saturated carbocycles. The SMILES string of the molecule is CC(C)Oc1ccccc1N1CC[C@H](Sc2ccc(Cl)cn2)C1. The van der Waals surface area contributed by atoms with E-state index in [9.17, 15) is 0 Å². The lowest BCUT2D eigenvalue weighted by molar-refractivity contribution is 0.243. The molecule has 5 heteroatoms. The molecule has 2 aromatic rings. The van der Waals surface area contributed by atoms with Crippen LogP contribution in [0.3, 0.4) is 0 Å². The lowest BCUT2D eigenvalue weighted by Gasteiger charge is -2.23. The zero-order valence-corrected chi connectivity index (χ0v) is 15.0. The Labute approximate surface area is 147 Å². The van der Waals surface area contributed by atoms with Gasteiger partial charge in [0, 0.05) is 24.5 Å². The monoisotopic (exact) mass is 348 g/mol. The summed E-state index contributed by atoms with van der Waals surface area (Å²) in [6.07, 6.45) is 3.04. The maximum Gasteiger partial charge on any atom is 0.142 e. The maximum atomic E-state index is 5.95. The van der Waals surface area contributed by atoms with Crippen LogP contribution in [0.15, 0.2) is 47.6 Å². The van der Waals surface area contributed by atoms with Crippen molar-refractivity contribution in [1.82, 2.24) is 4.98 Å². The van der Waals surface area contributed by atoms with E-state index in [4.69, 9.17) is 16.3 Å². The second-order valence-corrected chi connectivity index (χ2v) is 7.68. The molecule has 122 valence electrons. The van der Waals surface area contributed by atoms with Gasteiger partial charge in [0.25, 0.3) is 0 Å². The van der Waals surface area contributed by atoms with Crippen LogP contribution < -0.4 is 9.64 Å². The van der Waals surface area contributed by atoms with E-state index >= 15 is 0 Å². The molecule has 0 N–H and O–H groups in total. The third kappa shape index (κ3) is 4.33. The minimum absolute atomic E-state index is 0.183. The normalized spacial score (nSPS) is 17.7. The average Bonchev–Trinajstić information content (AvgIpc) is 2.98. The van der Waals surface area contributed by atoms with E-state index in [0.29, 0.717) is 10.3 Å². The molecule has 1 atom stereocenters. The number of halogens is 1. The number of hydrogen-bond donors (Lipinski definition) is 0. The van der Waals surface area contributed by atoms with Gasteiger partial charge in [0.1, 0.15) is 5.75 Å². The topological polar surface area (TPSA) is 25.4 Å². The summed E-state index contributed by atoms with van der Waals surface area (Å²) in [6, 6.07) is 12.2. The van der Waals surface area contributed by atoms with Crippen LogP contribution in [-0.4, -0.2) is 29.4 Å². The molecule has 1 fully saturated rings. The van der Waals surface area contributed by atoms with Gasteiger partial charge in [0.15, 0.2) is 0 Å². The van der Waals surface area contributed by atoms with Crippen LogP contribution in [-0.2, 0) is 0 Å². The molecule has 0 bridgehead atoms. The van der Waals surface area contributed by atoms with E-state index in [0.717, 1.165) is 30.3 Å². The van der Waals surface area contributed by atoms with Gasteiger partial charge in [-0.2, -0.15) is 0 Å². The van der Waals surface area contributed by atoms with Crippen molar-refractivity contribution in [3.8, 4) is 5.75 Å². The molecule has 1 saturated heterocycles. The summed E-state index contributed by atoms with van der Waals surface area (Å²) in [4.78, 5) is 6.79. The number of para-hydroxylation sites is 2. The highest BCUT2D eigenvalue weighted by atomic mass is 35.5. The van der Waals surface area contributed by atoms with E-state index in [1.807, 2.05) is 30.0 Å². The van der Waals surface area contributed by atoms with E-state index in [2.05, 4.69) is 41.9 Å². The van der Waals surface area contributed by atoms with Crippen LogP contribution in [0.25, 0.3) is 0 Å². The van der Waals surface area contributed by atoms with Crippen molar-refractivity contribution in [2.75, 3.05) is 18.0 Å². The fraction of sp³-hybridized carbons (Fsp3) is 0.389. The summed E-state index contributed by atoms with van der Waals surface area (Å²) >= 11 is 7.72. The average molecular weight is 349 g/mol. The molecule has 1 aliphatic heterocycles. The number of anilines is 1. The van der Waals surface area contributed by atoms with Gasteiger partial charge >= 0.3 is 0 Å². The number of ether oxygens (including phenoxy) is 1. The van der Waals surface area contributed by atoms with E-state index < -0.39 is 0 Å². The minimum atomic E-state index is 0.183. The van der Waals surface area contributed by atoms with Crippen molar-refractivity contribution in [3.63, 3.8) is 0 Å². The number of nitrogens with zero attached hydrogens (tertiary/aromatic N) is 2. The van der Waals surface area contributed by atoms with Crippen molar-refractivity contribution in [3.05, 3.63) is 47.6 Å². The molecule has 0 amide bonds. The molecule has 0 unspecified atom stereocenters. The summed E-state index contributed by atoms with van der Waals surface area (Å²) < 4.78 is 5.95. The Morgan fingerprint density at radius 3 is 2.83 bits per heavy atom. The second-order valence-electron chi connectivity index (χ2n) is 5.92. The van der Waals surface area contributed by atoms with Gasteiger partial charge in [-0.3, -0.25) is 0 Å². The van der Waals surface area contributed by atoms with Crippen LogP contribution >= 0.6 is 23.4 Å². The molecule has 1 aliphatic rings. The third-order valence-corrected chi connectivity index (χ3v) is 5.13. The summed E-state index contributed by atoms with van der Waals surface area (Å²) in [6.45, 7) is 6.18. The highest BCUT2D eigenvalue weighted by molar-refractivity contribution is 7.99. The molecule has 1 aromatic heterocycles. The van der Waals surface area contributed by atoms with Crippen LogP contribution in [0.4, 0.5) is 5.69 Å². The number of thioether (sulfide) groups is 1. The number of aromatic nitrogens is 1. The van der Waals surface area contributed by atoms with Gasteiger partial charge in [0.2, 0.25) is 0 Å². The standard InChI is InChI=1S/C18H21ClN2OS/c1-13(2)22-17-6-4-3-5-16(17)21-10-9-15(12-21)23-18-8-7-14(19)11-20-18/h3-8,11,13,15H,9-10,12H2,1-2H3/t15-/m0/s1. The van der Waals surface area contributed by atoms with Gasteiger partial charge in [-0.05, 0) is 44.5 Å². The fourth-order valence-corrected chi connectivity index (χ4v) is 3.91. The highest BCUT2D eigenvalue weighted by Gasteiger charge is 2.25. The van der Waals surface area contributed by atoms with E-state index in [-0.39, 0.29) is 6.10 Å².